The number of nitrogens with zero attached hydrogens (tertiary/aromatic N) is 1. The Balaban J connectivity index is 0.00000220. The zero-order chi connectivity index (χ0) is 14.8. The van der Waals surface area contributed by atoms with Crippen molar-refractivity contribution in [3.63, 3.8) is 0 Å². The molecule has 1 atom stereocenters. The predicted molar refractivity (Wildman–Crippen MR) is 79.2 cm³/mol. The summed E-state index contributed by atoms with van der Waals surface area (Å²) < 4.78 is 52.2. The summed E-state index contributed by atoms with van der Waals surface area (Å²) in [4.78, 5) is 1.75. The minimum atomic E-state index is -4.29. The van der Waals surface area contributed by atoms with Crippen LogP contribution in [0.25, 0.3) is 0 Å². The molecule has 0 saturated carbocycles. The van der Waals surface area contributed by atoms with Crippen molar-refractivity contribution in [2.45, 2.75) is 18.6 Å². The average molecular weight is 392 g/mol. The summed E-state index contributed by atoms with van der Waals surface area (Å²) in [5.74, 6) is -0.537. The van der Waals surface area contributed by atoms with Crippen molar-refractivity contribution in [1.82, 2.24) is 10.2 Å². The van der Waals surface area contributed by atoms with Crippen molar-refractivity contribution in [3.05, 3.63) is 34.1 Å². The summed E-state index contributed by atoms with van der Waals surface area (Å²) in [5.41, 5.74) is 0.351. The second-order valence-corrected chi connectivity index (χ2v) is 5.56. The highest BCUT2D eigenvalue weighted by molar-refractivity contribution is 9.10. The number of benzene rings is 1. The first-order valence-electron chi connectivity index (χ1n) is 6.34. The van der Waals surface area contributed by atoms with Crippen LogP contribution in [0.2, 0.25) is 0 Å². The van der Waals surface area contributed by atoms with Crippen LogP contribution in [0.4, 0.5) is 17.6 Å². The molecule has 1 aromatic rings. The van der Waals surface area contributed by atoms with Gasteiger partial charge in [-0.2, -0.15) is 13.2 Å². The fraction of sp³-hybridized carbons (Fsp3) is 0.538. The second-order valence-electron chi connectivity index (χ2n) is 4.76. The summed E-state index contributed by atoms with van der Waals surface area (Å²) >= 11 is 3.07. The SMILES string of the molecule is Cl.Fc1cccc([C@@H](CC(F)(F)F)N2CCNCC2)c1Br. The molecule has 0 radical (unpaired) electrons. The van der Waals surface area contributed by atoms with E-state index in [2.05, 4.69) is 21.2 Å². The summed E-state index contributed by atoms with van der Waals surface area (Å²) in [6.45, 7) is 2.32. The van der Waals surface area contributed by atoms with Gasteiger partial charge in [0.1, 0.15) is 5.82 Å². The molecule has 8 heteroatoms. The highest BCUT2D eigenvalue weighted by Crippen LogP contribution is 2.37. The molecule has 1 N–H and O–H groups in total. The molecule has 0 unspecified atom stereocenters. The number of halogens is 6. The predicted octanol–water partition coefficient (Wildman–Crippen LogP) is 3.91. The number of hydrogen-bond acceptors (Lipinski definition) is 2. The van der Waals surface area contributed by atoms with Gasteiger partial charge in [0.2, 0.25) is 0 Å². The van der Waals surface area contributed by atoms with Crippen molar-refractivity contribution in [3.8, 4) is 0 Å². The maximum atomic E-state index is 13.6. The standard InChI is InChI=1S/C13H15BrF4N2.ClH/c14-12-9(2-1-3-10(12)15)11(8-13(16,17)18)20-6-4-19-5-7-20;/h1-3,11,19H,4-8H2;1H/t11-;/m1./s1. The minimum absolute atomic E-state index is 0. The zero-order valence-electron chi connectivity index (χ0n) is 11.1. The van der Waals surface area contributed by atoms with Gasteiger partial charge in [0.05, 0.1) is 10.9 Å². The van der Waals surface area contributed by atoms with Crippen LogP contribution in [0.5, 0.6) is 0 Å². The van der Waals surface area contributed by atoms with Crippen molar-refractivity contribution >= 4 is 28.3 Å². The third-order valence-corrected chi connectivity index (χ3v) is 4.19. The molecule has 0 bridgehead atoms. The highest BCUT2D eigenvalue weighted by atomic mass is 79.9. The molecular weight excluding hydrogens is 376 g/mol. The van der Waals surface area contributed by atoms with E-state index in [9.17, 15) is 17.6 Å². The Labute approximate surface area is 135 Å². The third-order valence-electron chi connectivity index (χ3n) is 3.36. The van der Waals surface area contributed by atoms with Gasteiger partial charge < -0.3 is 5.32 Å². The first-order chi connectivity index (χ1) is 9.38. The largest absolute Gasteiger partial charge is 0.390 e. The molecule has 1 fully saturated rings. The number of alkyl halides is 3. The van der Waals surface area contributed by atoms with Gasteiger partial charge >= 0.3 is 6.18 Å². The topological polar surface area (TPSA) is 15.3 Å². The third kappa shape index (κ3) is 5.09. The lowest BCUT2D eigenvalue weighted by Crippen LogP contribution is -2.46. The molecule has 120 valence electrons. The Hall–Kier alpha value is -0.370. The molecule has 0 spiro atoms. The first-order valence-corrected chi connectivity index (χ1v) is 7.13. The maximum absolute atomic E-state index is 13.6. The van der Waals surface area contributed by atoms with E-state index in [0.29, 0.717) is 31.7 Å². The van der Waals surface area contributed by atoms with E-state index in [1.165, 1.54) is 12.1 Å². The van der Waals surface area contributed by atoms with Crippen molar-refractivity contribution in [2.75, 3.05) is 26.2 Å². The van der Waals surface area contributed by atoms with Crippen LogP contribution in [0.15, 0.2) is 22.7 Å². The summed E-state index contributed by atoms with van der Waals surface area (Å²) in [5, 5.41) is 3.10. The van der Waals surface area contributed by atoms with Crippen molar-refractivity contribution < 1.29 is 17.6 Å². The van der Waals surface area contributed by atoms with Crippen LogP contribution in [-0.4, -0.2) is 37.3 Å². The van der Waals surface area contributed by atoms with E-state index in [1.54, 1.807) is 11.0 Å². The molecule has 21 heavy (non-hydrogen) atoms. The normalized spacial score (nSPS) is 18.1. The van der Waals surface area contributed by atoms with Crippen LogP contribution in [0.3, 0.4) is 0 Å². The second kappa shape index (κ2) is 7.76. The first kappa shape index (κ1) is 18.7. The monoisotopic (exact) mass is 390 g/mol. The molecule has 1 aliphatic heterocycles. The fourth-order valence-electron chi connectivity index (χ4n) is 2.43. The summed E-state index contributed by atoms with van der Waals surface area (Å²) in [6, 6.07) is 3.37. The Kier molecular flexibility index (Phi) is 6.90. The zero-order valence-corrected chi connectivity index (χ0v) is 13.5. The molecule has 2 rings (SSSR count). The van der Waals surface area contributed by atoms with E-state index in [0.717, 1.165) is 0 Å². The number of piperazine rings is 1. The molecule has 0 amide bonds. The smallest absolute Gasteiger partial charge is 0.314 e. The Morgan fingerprint density at radius 1 is 1.24 bits per heavy atom. The van der Waals surface area contributed by atoms with Gasteiger partial charge in [-0.3, -0.25) is 4.90 Å². The lowest BCUT2D eigenvalue weighted by atomic mass is 10.0. The quantitative estimate of drug-likeness (QED) is 0.786. The average Bonchev–Trinajstić information content (AvgIpc) is 2.40. The summed E-state index contributed by atoms with van der Waals surface area (Å²) in [6.07, 6.45) is -5.27. The van der Waals surface area contributed by atoms with Gasteiger partial charge in [-0.15, -0.1) is 12.4 Å². The fourth-order valence-corrected chi connectivity index (χ4v) is 2.96. The molecule has 1 aliphatic rings. The number of nitrogens with one attached hydrogen (secondary N) is 1. The molecule has 0 aliphatic carbocycles. The van der Waals surface area contributed by atoms with E-state index in [1.807, 2.05) is 0 Å². The summed E-state index contributed by atoms with van der Waals surface area (Å²) in [7, 11) is 0. The minimum Gasteiger partial charge on any atom is -0.314 e. The van der Waals surface area contributed by atoms with Gasteiger partial charge in [-0.1, -0.05) is 12.1 Å². The highest BCUT2D eigenvalue weighted by Gasteiger charge is 2.36. The molecule has 1 aromatic carbocycles. The van der Waals surface area contributed by atoms with Crippen LogP contribution in [-0.2, 0) is 0 Å². The Morgan fingerprint density at radius 3 is 2.43 bits per heavy atom. The van der Waals surface area contributed by atoms with Crippen molar-refractivity contribution in [2.24, 2.45) is 0 Å². The lowest BCUT2D eigenvalue weighted by molar-refractivity contribution is -0.148. The molecule has 2 nitrogen and oxygen atoms in total. The van der Waals surface area contributed by atoms with Crippen LogP contribution in [0.1, 0.15) is 18.0 Å². The Morgan fingerprint density at radius 2 is 1.86 bits per heavy atom. The molecular formula is C13H16BrClF4N2. The van der Waals surface area contributed by atoms with Gasteiger partial charge in [-0.25, -0.2) is 4.39 Å². The van der Waals surface area contributed by atoms with E-state index in [-0.39, 0.29) is 16.9 Å². The van der Waals surface area contributed by atoms with Gasteiger partial charge in [-0.05, 0) is 27.6 Å². The molecule has 0 aromatic heterocycles. The molecule has 1 saturated heterocycles. The van der Waals surface area contributed by atoms with E-state index >= 15 is 0 Å². The lowest BCUT2D eigenvalue weighted by Gasteiger charge is -2.36. The number of rotatable bonds is 3. The van der Waals surface area contributed by atoms with Gasteiger partial charge in [0, 0.05) is 32.2 Å². The maximum Gasteiger partial charge on any atom is 0.390 e. The molecule has 1 heterocycles. The van der Waals surface area contributed by atoms with Gasteiger partial charge in [0.15, 0.2) is 0 Å². The van der Waals surface area contributed by atoms with Gasteiger partial charge in [0.25, 0.3) is 0 Å². The Bertz CT molecular complexity index is 464. The van der Waals surface area contributed by atoms with Crippen LogP contribution in [0, 0.1) is 5.82 Å². The van der Waals surface area contributed by atoms with E-state index < -0.39 is 24.5 Å². The number of hydrogen-bond donors (Lipinski definition) is 1. The van der Waals surface area contributed by atoms with Crippen LogP contribution >= 0.6 is 28.3 Å². The van der Waals surface area contributed by atoms with Crippen molar-refractivity contribution in [1.29, 1.82) is 0 Å². The van der Waals surface area contributed by atoms with Crippen LogP contribution < -0.4 is 5.32 Å². The van der Waals surface area contributed by atoms with E-state index in [4.69, 9.17) is 0 Å².